The van der Waals surface area contributed by atoms with Crippen LogP contribution < -0.4 is 0 Å². The third-order valence-corrected chi connectivity index (χ3v) is 1.62. The van der Waals surface area contributed by atoms with Gasteiger partial charge in [-0.3, -0.25) is 0 Å². The molecule has 0 unspecified atom stereocenters. The average Bonchev–Trinajstić information content (AvgIpc) is 1.98. The molecule has 10 heavy (non-hydrogen) atoms. The molecule has 0 aliphatic heterocycles. The van der Waals surface area contributed by atoms with Crippen LogP contribution in [0.2, 0.25) is 0 Å². The molecule has 0 rings (SSSR count). The van der Waals surface area contributed by atoms with Gasteiger partial charge in [0.05, 0.1) is 0 Å². The fourth-order valence-corrected chi connectivity index (χ4v) is 0.941. The lowest BCUT2D eigenvalue weighted by atomic mass is 10.3. The van der Waals surface area contributed by atoms with Gasteiger partial charge in [-0.15, -0.1) is 0 Å². The summed E-state index contributed by atoms with van der Waals surface area (Å²) in [5.41, 5.74) is 0. The molecule has 0 atom stereocenters. The van der Waals surface area contributed by atoms with E-state index in [9.17, 15) is 0 Å². The Morgan fingerprint density at radius 2 is 1.90 bits per heavy atom. The first-order chi connectivity index (χ1) is 4.85. The first-order valence-corrected chi connectivity index (χ1v) is 4.16. The molecule has 60 valence electrons. The Morgan fingerprint density at radius 3 is 2.30 bits per heavy atom. The molecule has 0 amide bonds. The van der Waals surface area contributed by atoms with Crippen LogP contribution in [0.25, 0.3) is 0 Å². The van der Waals surface area contributed by atoms with E-state index >= 15 is 0 Å². The van der Waals surface area contributed by atoms with Crippen LogP contribution in [-0.2, 0) is 0 Å². The summed E-state index contributed by atoms with van der Waals surface area (Å²) in [4.78, 5) is 2.34. The molecule has 0 bridgehead atoms. The Morgan fingerprint density at radius 1 is 1.20 bits per heavy atom. The number of hydrogen-bond acceptors (Lipinski definition) is 1. The molecule has 0 N–H and O–H groups in total. The van der Waals surface area contributed by atoms with E-state index in [1.165, 1.54) is 19.4 Å². The second kappa shape index (κ2) is 7.07. The van der Waals surface area contributed by atoms with E-state index in [0.29, 0.717) is 0 Å². The summed E-state index contributed by atoms with van der Waals surface area (Å²) in [6.07, 6.45) is 3.56. The van der Waals surface area contributed by atoms with Gasteiger partial charge in [0.25, 0.3) is 0 Å². The second-order valence-electron chi connectivity index (χ2n) is 2.55. The molecule has 0 aromatic heterocycles. The molecule has 0 saturated heterocycles. The van der Waals surface area contributed by atoms with Crippen molar-refractivity contribution in [3.05, 3.63) is 13.8 Å². The lowest BCUT2D eigenvalue weighted by Gasteiger charge is -2.18. The maximum absolute atomic E-state index is 3.86. The smallest absolute Gasteiger partial charge is 0.00183 e. The zero-order valence-corrected chi connectivity index (χ0v) is 7.10. The minimum atomic E-state index is 0.926. The van der Waals surface area contributed by atoms with Crippen LogP contribution in [0.3, 0.4) is 0 Å². The zero-order chi connectivity index (χ0) is 7.82. The minimum Gasteiger partial charge on any atom is -0.303 e. The molecule has 1 nitrogen and oxygen atoms in total. The largest absolute Gasteiger partial charge is 0.303 e. The van der Waals surface area contributed by atoms with E-state index in [2.05, 4.69) is 25.7 Å². The fraction of sp³-hybridized carbons (Fsp3) is 0.778. The third kappa shape index (κ3) is 4.80. The van der Waals surface area contributed by atoms with Gasteiger partial charge in [-0.25, -0.2) is 0 Å². The minimum absolute atomic E-state index is 0.926. The summed E-state index contributed by atoms with van der Waals surface area (Å²) in [5, 5.41) is 0. The number of hydrogen-bond donors (Lipinski definition) is 0. The van der Waals surface area contributed by atoms with E-state index in [-0.39, 0.29) is 0 Å². The maximum Gasteiger partial charge on any atom is -0.00183 e. The SMILES string of the molecule is [CH2]CCN(C[CH2])CCCC. The summed E-state index contributed by atoms with van der Waals surface area (Å²) in [5.74, 6) is 0. The summed E-state index contributed by atoms with van der Waals surface area (Å²) in [6, 6.07) is 0. The quantitative estimate of drug-likeness (QED) is 0.548. The predicted molar refractivity (Wildman–Crippen MR) is 46.7 cm³/mol. The molecule has 1 heteroatoms. The van der Waals surface area contributed by atoms with Gasteiger partial charge in [0.2, 0.25) is 0 Å². The van der Waals surface area contributed by atoms with E-state index < -0.39 is 0 Å². The first-order valence-electron chi connectivity index (χ1n) is 4.16. The molecule has 2 radical (unpaired) electrons. The van der Waals surface area contributed by atoms with Crippen LogP contribution in [0.15, 0.2) is 0 Å². The number of rotatable bonds is 6. The van der Waals surface area contributed by atoms with Gasteiger partial charge in [0, 0.05) is 0 Å². The van der Waals surface area contributed by atoms with E-state index in [4.69, 9.17) is 0 Å². The fourth-order valence-electron chi connectivity index (χ4n) is 0.941. The molecule has 0 saturated carbocycles. The van der Waals surface area contributed by atoms with Gasteiger partial charge in [0.1, 0.15) is 0 Å². The van der Waals surface area contributed by atoms with Crippen LogP contribution in [-0.4, -0.2) is 24.5 Å². The summed E-state index contributed by atoms with van der Waals surface area (Å²) in [6.45, 7) is 13.1. The third-order valence-electron chi connectivity index (χ3n) is 1.62. The summed E-state index contributed by atoms with van der Waals surface area (Å²) >= 11 is 0. The van der Waals surface area contributed by atoms with Gasteiger partial charge in [0.15, 0.2) is 0 Å². The van der Waals surface area contributed by atoms with Crippen LogP contribution >= 0.6 is 0 Å². The average molecular weight is 141 g/mol. The number of unbranched alkanes of at least 4 members (excludes halogenated alkanes) is 1. The highest BCUT2D eigenvalue weighted by Gasteiger charge is 1.97. The van der Waals surface area contributed by atoms with E-state index in [1.54, 1.807) is 0 Å². The topological polar surface area (TPSA) is 3.24 Å². The lowest BCUT2D eigenvalue weighted by Crippen LogP contribution is -2.25. The van der Waals surface area contributed by atoms with Crippen molar-refractivity contribution in [2.75, 3.05) is 19.6 Å². The number of nitrogens with zero attached hydrogens (tertiary/aromatic N) is 1. The van der Waals surface area contributed by atoms with Crippen molar-refractivity contribution in [2.45, 2.75) is 26.2 Å². The highest BCUT2D eigenvalue weighted by atomic mass is 15.1. The molecule has 0 aliphatic rings. The highest BCUT2D eigenvalue weighted by Crippen LogP contribution is 1.94. The second-order valence-corrected chi connectivity index (χ2v) is 2.55. The molecular formula is C9H19N. The predicted octanol–water partition coefficient (Wildman–Crippen LogP) is 2.15. The summed E-state index contributed by atoms with van der Waals surface area (Å²) in [7, 11) is 0. The van der Waals surface area contributed by atoms with Crippen LogP contribution in [0.1, 0.15) is 26.2 Å². The molecule has 0 fully saturated rings. The van der Waals surface area contributed by atoms with E-state index in [1.807, 2.05) is 0 Å². The van der Waals surface area contributed by atoms with Crippen molar-refractivity contribution >= 4 is 0 Å². The Kier molecular flexibility index (Phi) is 7.04. The van der Waals surface area contributed by atoms with Crippen LogP contribution in [0.5, 0.6) is 0 Å². The van der Waals surface area contributed by atoms with Gasteiger partial charge >= 0.3 is 0 Å². The van der Waals surface area contributed by atoms with Gasteiger partial charge in [-0.05, 0) is 39.4 Å². The maximum atomic E-state index is 3.86. The van der Waals surface area contributed by atoms with Crippen molar-refractivity contribution in [1.29, 1.82) is 0 Å². The normalized spacial score (nSPS) is 10.8. The van der Waals surface area contributed by atoms with Crippen molar-refractivity contribution in [1.82, 2.24) is 4.90 Å². The Labute approximate surface area is 65.4 Å². The van der Waals surface area contributed by atoms with Gasteiger partial charge in [-0.1, -0.05) is 20.3 Å². The molecule has 0 heterocycles. The van der Waals surface area contributed by atoms with Gasteiger partial charge < -0.3 is 4.90 Å². The van der Waals surface area contributed by atoms with Crippen molar-refractivity contribution < 1.29 is 0 Å². The molecule has 0 aromatic carbocycles. The molecule has 0 spiro atoms. The monoisotopic (exact) mass is 141 g/mol. The standard InChI is InChI=1S/C9H19N/c1-4-7-9-10(6-3)8-5-2/h2-9H2,1H3. The molecule has 0 aliphatic carbocycles. The van der Waals surface area contributed by atoms with Crippen molar-refractivity contribution in [3.63, 3.8) is 0 Å². The van der Waals surface area contributed by atoms with Gasteiger partial charge in [-0.2, -0.15) is 0 Å². The molecular weight excluding hydrogens is 122 g/mol. The zero-order valence-electron chi connectivity index (χ0n) is 7.10. The lowest BCUT2D eigenvalue weighted by molar-refractivity contribution is 0.301. The Bertz CT molecular complexity index is 61.7. The van der Waals surface area contributed by atoms with Crippen LogP contribution in [0, 0.1) is 13.8 Å². The van der Waals surface area contributed by atoms with Crippen LogP contribution in [0.4, 0.5) is 0 Å². The Balaban J connectivity index is 3.21. The van der Waals surface area contributed by atoms with Crippen molar-refractivity contribution in [2.24, 2.45) is 0 Å². The first kappa shape index (κ1) is 9.96. The highest BCUT2D eigenvalue weighted by molar-refractivity contribution is 4.58. The Hall–Kier alpha value is -0.0400. The molecule has 0 aromatic rings. The van der Waals surface area contributed by atoms with Crippen molar-refractivity contribution in [3.8, 4) is 0 Å². The van der Waals surface area contributed by atoms with E-state index in [0.717, 1.165) is 19.5 Å². The summed E-state index contributed by atoms with van der Waals surface area (Å²) < 4.78 is 0.